The van der Waals surface area contributed by atoms with Crippen molar-refractivity contribution in [2.75, 3.05) is 18.5 Å². The second-order valence-electron chi connectivity index (χ2n) is 7.27. The maximum Gasteiger partial charge on any atom is 0.305 e. The van der Waals surface area contributed by atoms with E-state index in [0.717, 1.165) is 5.56 Å². The Labute approximate surface area is 169 Å². The summed E-state index contributed by atoms with van der Waals surface area (Å²) in [5, 5.41) is 15.0. The smallest absolute Gasteiger partial charge is 0.305 e. The fourth-order valence-electron chi connectivity index (χ4n) is 3.39. The third-order valence-corrected chi connectivity index (χ3v) is 5.10. The van der Waals surface area contributed by atoms with Gasteiger partial charge in [-0.15, -0.1) is 0 Å². The molecule has 1 aliphatic heterocycles. The number of amides is 2. The van der Waals surface area contributed by atoms with E-state index in [0.29, 0.717) is 42.9 Å². The minimum atomic E-state index is -0.966. The lowest BCUT2D eigenvalue weighted by Crippen LogP contribution is -2.53. The zero-order valence-corrected chi connectivity index (χ0v) is 16.2. The molecule has 0 aromatic heterocycles. The number of carboxylic acids is 1. The largest absolute Gasteiger partial charge is 0.481 e. The van der Waals surface area contributed by atoms with Crippen molar-refractivity contribution < 1.29 is 24.2 Å². The molecule has 7 heteroatoms. The average molecular weight is 396 g/mol. The fourth-order valence-corrected chi connectivity index (χ4v) is 3.39. The molecule has 0 aliphatic carbocycles. The second-order valence-corrected chi connectivity index (χ2v) is 7.27. The van der Waals surface area contributed by atoms with Crippen molar-refractivity contribution in [3.05, 3.63) is 65.2 Å². The van der Waals surface area contributed by atoms with Crippen LogP contribution in [-0.2, 0) is 9.53 Å². The van der Waals surface area contributed by atoms with Crippen LogP contribution in [0.15, 0.2) is 48.5 Å². The molecule has 0 spiro atoms. The van der Waals surface area contributed by atoms with E-state index < -0.39 is 11.5 Å². The molecule has 7 nitrogen and oxygen atoms in total. The number of carbonyl (C=O) groups is 3. The molecular weight excluding hydrogens is 372 g/mol. The Morgan fingerprint density at radius 3 is 2.34 bits per heavy atom. The van der Waals surface area contributed by atoms with Crippen molar-refractivity contribution in [1.82, 2.24) is 5.32 Å². The van der Waals surface area contributed by atoms with Crippen molar-refractivity contribution in [3.63, 3.8) is 0 Å². The first-order valence-electron chi connectivity index (χ1n) is 9.48. The van der Waals surface area contributed by atoms with Crippen molar-refractivity contribution in [2.45, 2.75) is 31.7 Å². The number of rotatable bonds is 6. The Bertz CT molecular complexity index is 905. The number of carboxylic acid groups (broad SMARTS) is 1. The molecule has 2 amide bonds. The molecule has 0 saturated carbocycles. The van der Waals surface area contributed by atoms with Crippen LogP contribution in [0.25, 0.3) is 0 Å². The lowest BCUT2D eigenvalue weighted by Gasteiger charge is -2.36. The molecule has 1 heterocycles. The minimum Gasteiger partial charge on any atom is -0.481 e. The van der Waals surface area contributed by atoms with Gasteiger partial charge in [0.05, 0.1) is 12.0 Å². The van der Waals surface area contributed by atoms with E-state index in [1.165, 1.54) is 0 Å². The zero-order valence-electron chi connectivity index (χ0n) is 16.2. The van der Waals surface area contributed by atoms with Crippen LogP contribution < -0.4 is 10.6 Å². The number of hydrogen-bond acceptors (Lipinski definition) is 4. The van der Waals surface area contributed by atoms with E-state index in [-0.39, 0.29) is 18.2 Å². The van der Waals surface area contributed by atoms with E-state index >= 15 is 0 Å². The van der Waals surface area contributed by atoms with Gasteiger partial charge in [0, 0.05) is 30.0 Å². The third kappa shape index (κ3) is 5.20. The van der Waals surface area contributed by atoms with Gasteiger partial charge in [0.25, 0.3) is 11.8 Å². The fraction of sp³-hybridized carbons (Fsp3) is 0.318. The van der Waals surface area contributed by atoms with Crippen molar-refractivity contribution in [1.29, 1.82) is 0 Å². The van der Waals surface area contributed by atoms with Crippen molar-refractivity contribution >= 4 is 23.5 Å². The first kappa shape index (κ1) is 20.5. The van der Waals surface area contributed by atoms with Gasteiger partial charge >= 0.3 is 5.97 Å². The average Bonchev–Trinajstić information content (AvgIpc) is 2.70. The maximum atomic E-state index is 12.9. The summed E-state index contributed by atoms with van der Waals surface area (Å²) in [6.07, 6.45) is 0.717. The molecular formula is C22H24N2O5. The highest BCUT2D eigenvalue weighted by Crippen LogP contribution is 2.26. The van der Waals surface area contributed by atoms with Gasteiger partial charge in [-0.2, -0.15) is 0 Å². The molecule has 1 saturated heterocycles. The lowest BCUT2D eigenvalue weighted by atomic mass is 9.86. The molecule has 1 aliphatic rings. The summed E-state index contributed by atoms with van der Waals surface area (Å²) in [5.41, 5.74) is 1.39. The molecule has 2 aromatic rings. The first-order valence-corrected chi connectivity index (χ1v) is 9.48. The number of carbonyl (C=O) groups excluding carboxylic acids is 2. The van der Waals surface area contributed by atoms with Crippen LogP contribution in [0.4, 0.5) is 5.69 Å². The molecule has 3 rings (SSSR count). The highest BCUT2D eigenvalue weighted by Gasteiger charge is 2.36. The first-order chi connectivity index (χ1) is 13.9. The Kier molecular flexibility index (Phi) is 6.29. The second kappa shape index (κ2) is 8.87. The van der Waals surface area contributed by atoms with E-state index in [1.54, 1.807) is 42.5 Å². The summed E-state index contributed by atoms with van der Waals surface area (Å²) in [6.45, 7) is 2.65. The van der Waals surface area contributed by atoms with Crippen LogP contribution in [0.3, 0.4) is 0 Å². The van der Waals surface area contributed by atoms with Crippen LogP contribution >= 0.6 is 0 Å². The van der Waals surface area contributed by atoms with Gasteiger partial charge < -0.3 is 20.5 Å². The predicted molar refractivity (Wildman–Crippen MR) is 108 cm³/mol. The number of benzene rings is 2. The monoisotopic (exact) mass is 396 g/mol. The number of aryl methyl sites for hydroxylation is 1. The predicted octanol–water partition coefficient (Wildman–Crippen LogP) is 3.00. The highest BCUT2D eigenvalue weighted by molar-refractivity contribution is 6.05. The summed E-state index contributed by atoms with van der Waals surface area (Å²) in [6, 6.07) is 13.8. The van der Waals surface area contributed by atoms with Crippen LogP contribution in [0, 0.1) is 6.92 Å². The van der Waals surface area contributed by atoms with E-state index in [2.05, 4.69) is 10.6 Å². The van der Waals surface area contributed by atoms with E-state index in [9.17, 15) is 19.5 Å². The van der Waals surface area contributed by atoms with Crippen LogP contribution in [-0.4, -0.2) is 41.6 Å². The Morgan fingerprint density at radius 1 is 1.00 bits per heavy atom. The third-order valence-electron chi connectivity index (χ3n) is 5.10. The minimum absolute atomic E-state index is 0.161. The molecule has 1 fully saturated rings. The van der Waals surface area contributed by atoms with Gasteiger partial charge in [0.15, 0.2) is 0 Å². The van der Waals surface area contributed by atoms with Crippen LogP contribution in [0.5, 0.6) is 0 Å². The van der Waals surface area contributed by atoms with Gasteiger partial charge in [-0.05, 0) is 49.6 Å². The molecule has 0 atom stereocenters. The SMILES string of the molecule is Cc1ccc(C(=O)NC2(CC(=O)O)CCOCC2)cc1NC(=O)c1ccccc1. The number of hydrogen-bond donors (Lipinski definition) is 3. The molecule has 3 N–H and O–H groups in total. The summed E-state index contributed by atoms with van der Waals surface area (Å²) < 4.78 is 5.32. The molecule has 152 valence electrons. The lowest BCUT2D eigenvalue weighted by molar-refractivity contribution is -0.139. The van der Waals surface area contributed by atoms with Gasteiger partial charge in [-0.25, -0.2) is 0 Å². The summed E-state index contributed by atoms with van der Waals surface area (Å²) >= 11 is 0. The Morgan fingerprint density at radius 2 is 1.69 bits per heavy atom. The number of anilines is 1. The van der Waals surface area contributed by atoms with Crippen molar-refractivity contribution in [3.8, 4) is 0 Å². The van der Waals surface area contributed by atoms with Crippen LogP contribution in [0.1, 0.15) is 45.5 Å². The molecule has 2 aromatic carbocycles. The maximum absolute atomic E-state index is 12.9. The molecule has 29 heavy (non-hydrogen) atoms. The van der Waals surface area contributed by atoms with E-state index in [4.69, 9.17) is 4.74 Å². The van der Waals surface area contributed by atoms with Gasteiger partial charge in [0.2, 0.25) is 0 Å². The van der Waals surface area contributed by atoms with E-state index in [1.807, 2.05) is 13.0 Å². The number of aliphatic carboxylic acids is 1. The quantitative estimate of drug-likeness (QED) is 0.696. The van der Waals surface area contributed by atoms with Gasteiger partial charge in [-0.3, -0.25) is 14.4 Å². The summed E-state index contributed by atoms with van der Waals surface area (Å²) in [5.74, 6) is -1.60. The summed E-state index contributed by atoms with van der Waals surface area (Å²) in [4.78, 5) is 36.6. The normalized spacial score (nSPS) is 15.3. The van der Waals surface area contributed by atoms with Crippen LogP contribution in [0.2, 0.25) is 0 Å². The Balaban J connectivity index is 1.78. The zero-order chi connectivity index (χ0) is 20.9. The molecule has 0 unspecified atom stereocenters. The number of nitrogens with one attached hydrogen (secondary N) is 2. The van der Waals surface area contributed by atoms with Gasteiger partial charge in [0.1, 0.15) is 0 Å². The Hall–Kier alpha value is -3.19. The van der Waals surface area contributed by atoms with Crippen molar-refractivity contribution in [2.24, 2.45) is 0 Å². The standard InChI is InChI=1S/C22H24N2O5/c1-15-7-8-17(13-18(15)23-20(27)16-5-3-2-4-6-16)21(28)24-22(14-19(25)26)9-11-29-12-10-22/h2-8,13H,9-12,14H2,1H3,(H,23,27)(H,24,28)(H,25,26). The number of ether oxygens (including phenoxy) is 1. The molecule has 0 bridgehead atoms. The topological polar surface area (TPSA) is 105 Å². The summed E-state index contributed by atoms with van der Waals surface area (Å²) in [7, 11) is 0. The highest BCUT2D eigenvalue weighted by atomic mass is 16.5. The molecule has 0 radical (unpaired) electrons. The van der Waals surface area contributed by atoms with Gasteiger partial charge in [-0.1, -0.05) is 24.3 Å².